The van der Waals surface area contributed by atoms with E-state index in [0.29, 0.717) is 11.6 Å². The quantitative estimate of drug-likeness (QED) is 0.548. The zero-order valence-electron chi connectivity index (χ0n) is 19.3. The van der Waals surface area contributed by atoms with Crippen molar-refractivity contribution < 1.29 is 13.9 Å². The largest absolute Gasteiger partial charge is 0.456 e. The highest BCUT2D eigenvalue weighted by atomic mass is 16.6. The highest BCUT2D eigenvalue weighted by molar-refractivity contribution is 5.90. The fraction of sp³-hybridized carbons (Fsp3) is 0.417. The predicted molar refractivity (Wildman–Crippen MR) is 120 cm³/mol. The zero-order chi connectivity index (χ0) is 23.2. The molecule has 0 radical (unpaired) electrons. The standard InChI is InChI=1S/C22H25N3O4.C2H6/c1-14(11-15-9-7-6-8-10-15)19-23-24-20(28-19)17-12-16(13-18(26)25(17)5)21(27)29-22(2,3)4;1-2/h6-10,12-14H,11H2,1-5H3;1-2H3. The molecule has 7 nitrogen and oxygen atoms in total. The summed E-state index contributed by atoms with van der Waals surface area (Å²) in [5, 5.41) is 8.24. The summed E-state index contributed by atoms with van der Waals surface area (Å²) in [6, 6.07) is 12.8. The van der Waals surface area contributed by atoms with E-state index in [1.807, 2.05) is 51.1 Å². The topological polar surface area (TPSA) is 87.2 Å². The molecule has 0 bridgehead atoms. The SMILES string of the molecule is CC.CC(Cc1ccccc1)c1nnc(-c2cc(C(=O)OC(C)(C)C)cc(=O)n2C)o1. The molecular weight excluding hydrogens is 394 g/mol. The molecule has 0 N–H and O–H groups in total. The van der Waals surface area contributed by atoms with Crippen molar-refractivity contribution in [2.75, 3.05) is 0 Å². The van der Waals surface area contributed by atoms with E-state index in [1.165, 1.54) is 22.3 Å². The van der Waals surface area contributed by atoms with Gasteiger partial charge in [0.25, 0.3) is 11.4 Å². The van der Waals surface area contributed by atoms with Crippen LogP contribution in [0, 0.1) is 0 Å². The summed E-state index contributed by atoms with van der Waals surface area (Å²) in [6.07, 6.45) is 0.749. The van der Waals surface area contributed by atoms with Crippen molar-refractivity contribution in [2.24, 2.45) is 7.05 Å². The van der Waals surface area contributed by atoms with Gasteiger partial charge in [-0.25, -0.2) is 4.79 Å². The third-order valence-corrected chi connectivity index (χ3v) is 4.36. The van der Waals surface area contributed by atoms with Gasteiger partial charge in [-0.3, -0.25) is 4.79 Å². The second-order valence-corrected chi connectivity index (χ2v) is 8.06. The number of carbonyl (C=O) groups is 1. The van der Waals surface area contributed by atoms with Crippen LogP contribution < -0.4 is 5.56 Å². The maximum absolute atomic E-state index is 12.4. The summed E-state index contributed by atoms with van der Waals surface area (Å²) in [7, 11) is 1.59. The van der Waals surface area contributed by atoms with Crippen molar-refractivity contribution in [2.45, 2.75) is 59.5 Å². The molecule has 7 heteroatoms. The van der Waals surface area contributed by atoms with Gasteiger partial charge in [-0.2, -0.15) is 0 Å². The van der Waals surface area contributed by atoms with Crippen molar-refractivity contribution in [3.8, 4) is 11.6 Å². The third kappa shape index (κ3) is 6.38. The van der Waals surface area contributed by atoms with Crippen molar-refractivity contribution >= 4 is 5.97 Å². The van der Waals surface area contributed by atoms with Crippen LogP contribution in [-0.2, 0) is 18.2 Å². The maximum Gasteiger partial charge on any atom is 0.338 e. The van der Waals surface area contributed by atoms with Gasteiger partial charge in [0.2, 0.25) is 5.89 Å². The summed E-state index contributed by atoms with van der Waals surface area (Å²) in [4.78, 5) is 24.7. The summed E-state index contributed by atoms with van der Waals surface area (Å²) in [6.45, 7) is 11.3. The van der Waals surface area contributed by atoms with Crippen molar-refractivity contribution in [3.05, 3.63) is 69.8 Å². The molecule has 3 aromatic rings. The molecule has 0 aliphatic carbocycles. The molecule has 1 atom stereocenters. The normalized spacial score (nSPS) is 12.0. The van der Waals surface area contributed by atoms with Crippen LogP contribution >= 0.6 is 0 Å². The number of hydrogen-bond donors (Lipinski definition) is 0. The van der Waals surface area contributed by atoms with Crippen LogP contribution in [-0.4, -0.2) is 26.3 Å². The van der Waals surface area contributed by atoms with E-state index >= 15 is 0 Å². The number of rotatable bonds is 5. The van der Waals surface area contributed by atoms with Crippen molar-refractivity contribution in [1.29, 1.82) is 0 Å². The van der Waals surface area contributed by atoms with Gasteiger partial charge in [-0.15, -0.1) is 10.2 Å². The molecule has 31 heavy (non-hydrogen) atoms. The molecule has 0 spiro atoms. The van der Waals surface area contributed by atoms with Crippen LogP contribution in [0.2, 0.25) is 0 Å². The first-order valence-electron chi connectivity index (χ1n) is 10.5. The molecule has 0 amide bonds. The summed E-state index contributed by atoms with van der Waals surface area (Å²) in [5.41, 5.74) is 0.654. The van der Waals surface area contributed by atoms with Gasteiger partial charge in [-0.05, 0) is 38.8 Å². The first-order chi connectivity index (χ1) is 14.6. The summed E-state index contributed by atoms with van der Waals surface area (Å²) < 4.78 is 12.6. The van der Waals surface area contributed by atoms with E-state index in [-0.39, 0.29) is 22.9 Å². The molecule has 0 saturated heterocycles. The number of ether oxygens (including phenoxy) is 1. The Morgan fingerprint density at radius 1 is 1.13 bits per heavy atom. The Bertz CT molecular complexity index is 1060. The van der Waals surface area contributed by atoms with Gasteiger partial charge < -0.3 is 13.7 Å². The monoisotopic (exact) mass is 425 g/mol. The van der Waals surface area contributed by atoms with Gasteiger partial charge in [-0.1, -0.05) is 51.1 Å². The molecule has 0 aliphatic heterocycles. The van der Waals surface area contributed by atoms with E-state index in [9.17, 15) is 9.59 Å². The lowest BCUT2D eigenvalue weighted by Gasteiger charge is -2.19. The number of pyridine rings is 1. The smallest absolute Gasteiger partial charge is 0.338 e. The maximum atomic E-state index is 12.4. The lowest BCUT2D eigenvalue weighted by atomic mass is 10.0. The van der Waals surface area contributed by atoms with Gasteiger partial charge in [0.15, 0.2) is 0 Å². The van der Waals surface area contributed by atoms with E-state index in [0.717, 1.165) is 6.42 Å². The lowest BCUT2D eigenvalue weighted by molar-refractivity contribution is 0.00692. The minimum Gasteiger partial charge on any atom is -0.456 e. The number of carbonyl (C=O) groups excluding carboxylic acids is 1. The molecule has 1 aromatic carbocycles. The first-order valence-corrected chi connectivity index (χ1v) is 10.5. The van der Waals surface area contributed by atoms with Crippen LogP contribution in [0.5, 0.6) is 0 Å². The van der Waals surface area contributed by atoms with Gasteiger partial charge in [0.1, 0.15) is 11.3 Å². The molecule has 3 rings (SSSR count). The fourth-order valence-corrected chi connectivity index (χ4v) is 2.89. The van der Waals surface area contributed by atoms with Crippen LogP contribution in [0.4, 0.5) is 0 Å². The highest BCUT2D eigenvalue weighted by Gasteiger charge is 2.22. The Hall–Kier alpha value is -3.22. The Labute approximate surface area is 183 Å². The zero-order valence-corrected chi connectivity index (χ0v) is 19.3. The number of esters is 1. The molecule has 2 heterocycles. The average molecular weight is 426 g/mol. The molecule has 0 saturated carbocycles. The van der Waals surface area contributed by atoms with E-state index < -0.39 is 11.6 Å². The average Bonchev–Trinajstić information content (AvgIpc) is 3.21. The second-order valence-electron chi connectivity index (χ2n) is 8.06. The molecule has 0 fully saturated rings. The van der Waals surface area contributed by atoms with Crippen molar-refractivity contribution in [3.63, 3.8) is 0 Å². The minimum atomic E-state index is -0.664. The molecule has 0 aliphatic rings. The van der Waals surface area contributed by atoms with E-state index in [4.69, 9.17) is 9.15 Å². The van der Waals surface area contributed by atoms with Gasteiger partial charge >= 0.3 is 5.97 Å². The number of hydrogen-bond acceptors (Lipinski definition) is 6. The summed E-state index contributed by atoms with van der Waals surface area (Å²) >= 11 is 0. The van der Waals surface area contributed by atoms with E-state index in [1.54, 1.807) is 27.8 Å². The number of aromatic nitrogens is 3. The lowest BCUT2D eigenvalue weighted by Crippen LogP contribution is -2.26. The van der Waals surface area contributed by atoms with Crippen LogP contribution in [0.15, 0.2) is 51.7 Å². The number of nitrogens with zero attached hydrogens (tertiary/aromatic N) is 3. The van der Waals surface area contributed by atoms with Crippen molar-refractivity contribution in [1.82, 2.24) is 14.8 Å². The highest BCUT2D eigenvalue weighted by Crippen LogP contribution is 2.24. The first kappa shape index (κ1) is 24.1. The minimum absolute atomic E-state index is 0.00437. The van der Waals surface area contributed by atoms with E-state index in [2.05, 4.69) is 10.2 Å². The van der Waals surface area contributed by atoms with Gasteiger partial charge in [0.05, 0.1) is 5.56 Å². The fourth-order valence-electron chi connectivity index (χ4n) is 2.89. The van der Waals surface area contributed by atoms with Gasteiger partial charge in [0, 0.05) is 19.0 Å². The Morgan fingerprint density at radius 3 is 2.39 bits per heavy atom. The number of benzene rings is 1. The molecule has 1 unspecified atom stereocenters. The Kier molecular flexibility index (Phi) is 7.91. The second kappa shape index (κ2) is 10.2. The van der Waals surface area contributed by atoms with Crippen LogP contribution in [0.1, 0.15) is 69.3 Å². The predicted octanol–water partition coefficient (Wildman–Crippen LogP) is 4.76. The molecule has 2 aromatic heterocycles. The molecular formula is C24H31N3O4. The summed E-state index contributed by atoms with van der Waals surface area (Å²) in [5.74, 6) is 0.0854. The van der Waals surface area contributed by atoms with Crippen LogP contribution in [0.3, 0.4) is 0 Å². The third-order valence-electron chi connectivity index (χ3n) is 4.36. The van der Waals surface area contributed by atoms with Crippen LogP contribution in [0.25, 0.3) is 11.6 Å². The molecule has 166 valence electrons. The Balaban J connectivity index is 0.00000166. The Morgan fingerprint density at radius 2 is 1.77 bits per heavy atom.